The Morgan fingerprint density at radius 1 is 0.889 bits per heavy atom. The van der Waals surface area contributed by atoms with Gasteiger partial charge in [0, 0.05) is 0 Å². The van der Waals surface area contributed by atoms with E-state index in [-0.39, 0.29) is 20.8 Å². The maximum atomic E-state index is 13.2. The third-order valence-electron chi connectivity index (χ3n) is 3.30. The zero-order valence-electron chi connectivity index (χ0n) is 12.4. The maximum Gasteiger partial charge on any atom is 0.451 e. The molecule has 0 saturated heterocycles. The Kier molecular flexibility index (Phi) is 4.60. The van der Waals surface area contributed by atoms with Gasteiger partial charge in [-0.1, -0.05) is 34.8 Å². The van der Waals surface area contributed by atoms with Crippen LogP contribution in [0.15, 0.2) is 12.1 Å². The summed E-state index contributed by atoms with van der Waals surface area (Å²) >= 11 is 17.5. The number of halogens is 9. The van der Waals surface area contributed by atoms with E-state index in [1.165, 1.54) is 12.1 Å². The molecule has 0 aliphatic rings. The number of hydrogen-bond acceptors (Lipinski definition) is 4. The highest BCUT2D eigenvalue weighted by Crippen LogP contribution is 2.39. The van der Waals surface area contributed by atoms with Gasteiger partial charge in [-0.2, -0.15) is 26.3 Å². The number of hydrogen-bond donors (Lipinski definition) is 1. The van der Waals surface area contributed by atoms with Crippen molar-refractivity contribution in [2.45, 2.75) is 12.4 Å². The number of nitrogens with two attached hydrogens (primary N) is 1. The minimum atomic E-state index is -5.24. The molecule has 1 aromatic carbocycles. The van der Waals surface area contributed by atoms with Gasteiger partial charge < -0.3 is 5.73 Å². The first kappa shape index (κ1) is 19.8. The average molecular weight is 451 g/mol. The molecule has 0 atom stereocenters. The molecule has 2 aromatic heterocycles. The first-order valence-electron chi connectivity index (χ1n) is 6.66. The lowest BCUT2D eigenvalue weighted by Gasteiger charge is -2.10. The number of fused-ring (bicyclic) bond motifs is 1. The molecule has 0 fully saturated rings. The topological polar surface area (TPSA) is 69.6 Å². The fourth-order valence-corrected chi connectivity index (χ4v) is 2.79. The first-order chi connectivity index (χ1) is 12.3. The summed E-state index contributed by atoms with van der Waals surface area (Å²) in [6, 6.07) is 2.34. The molecular formula is C13H4Cl3F6N5. The van der Waals surface area contributed by atoms with E-state index in [4.69, 9.17) is 40.5 Å². The van der Waals surface area contributed by atoms with Crippen molar-refractivity contribution < 1.29 is 26.3 Å². The van der Waals surface area contributed by atoms with Crippen LogP contribution in [-0.4, -0.2) is 19.7 Å². The number of aromatic nitrogens is 4. The van der Waals surface area contributed by atoms with Gasteiger partial charge in [0.1, 0.15) is 5.82 Å². The lowest BCUT2D eigenvalue weighted by Crippen LogP contribution is -2.17. The Morgan fingerprint density at radius 2 is 1.44 bits per heavy atom. The van der Waals surface area contributed by atoms with Crippen molar-refractivity contribution in [3.63, 3.8) is 0 Å². The van der Waals surface area contributed by atoms with Gasteiger partial charge >= 0.3 is 12.4 Å². The number of nitrogen functional groups attached to an aromatic ring is 1. The van der Waals surface area contributed by atoms with Crippen LogP contribution in [0.1, 0.15) is 11.5 Å². The van der Waals surface area contributed by atoms with Gasteiger partial charge in [-0.05, 0) is 12.1 Å². The molecule has 0 spiro atoms. The van der Waals surface area contributed by atoms with E-state index in [2.05, 4.69) is 15.1 Å². The van der Waals surface area contributed by atoms with Crippen LogP contribution in [0.25, 0.3) is 16.7 Å². The Morgan fingerprint density at radius 3 is 1.93 bits per heavy atom. The second kappa shape index (κ2) is 6.28. The Balaban J connectivity index is 2.37. The van der Waals surface area contributed by atoms with Gasteiger partial charge in [0.25, 0.3) is 0 Å². The number of rotatable bonds is 1. The summed E-state index contributed by atoms with van der Waals surface area (Å²) < 4.78 is 79.0. The Labute approximate surface area is 160 Å². The van der Waals surface area contributed by atoms with E-state index in [0.717, 1.165) is 0 Å². The van der Waals surface area contributed by atoms with Crippen molar-refractivity contribution in [2.24, 2.45) is 0 Å². The SMILES string of the molecule is Nc1c2c(C(F)(F)F)nc(C(F)(F)F)nc2nn1-c1cc(Cl)c(Cl)c(Cl)c1. The summed E-state index contributed by atoms with van der Waals surface area (Å²) in [5.74, 6) is -2.65. The standard InChI is InChI=1S/C13H4Cl3F6N5/c14-4-1-3(2-5(15)7(4)16)27-9(23)6-8(12(17,18)19)24-11(13(20,21)22)25-10(6)26-27/h1-2H,23H2. The van der Waals surface area contributed by atoms with Gasteiger partial charge in [0.15, 0.2) is 11.3 Å². The molecule has 3 aromatic rings. The summed E-state index contributed by atoms with van der Waals surface area (Å²) in [6.45, 7) is 0. The van der Waals surface area contributed by atoms with Crippen LogP contribution in [0.2, 0.25) is 15.1 Å². The molecule has 0 amide bonds. The van der Waals surface area contributed by atoms with Gasteiger partial charge in [-0.25, -0.2) is 14.6 Å². The largest absolute Gasteiger partial charge is 0.451 e. The molecule has 0 radical (unpaired) electrons. The normalized spacial score (nSPS) is 12.8. The maximum absolute atomic E-state index is 13.2. The predicted octanol–water partition coefficient (Wildman–Crippen LogP) is 5.40. The van der Waals surface area contributed by atoms with E-state index in [9.17, 15) is 26.3 Å². The number of benzene rings is 1. The minimum Gasteiger partial charge on any atom is -0.383 e. The molecular weight excluding hydrogens is 447 g/mol. The van der Waals surface area contributed by atoms with E-state index in [1.807, 2.05) is 0 Å². The van der Waals surface area contributed by atoms with Crippen LogP contribution in [0.3, 0.4) is 0 Å². The van der Waals surface area contributed by atoms with Crippen LogP contribution < -0.4 is 5.73 Å². The quantitative estimate of drug-likeness (QED) is 0.398. The summed E-state index contributed by atoms with van der Waals surface area (Å²) in [5.41, 5.74) is 2.89. The fraction of sp³-hybridized carbons (Fsp3) is 0.154. The van der Waals surface area contributed by atoms with Crippen LogP contribution in [0, 0.1) is 0 Å². The number of alkyl halides is 6. The third kappa shape index (κ3) is 3.46. The smallest absolute Gasteiger partial charge is 0.383 e. The van der Waals surface area contributed by atoms with Crippen molar-refractivity contribution >= 4 is 51.7 Å². The van der Waals surface area contributed by atoms with Gasteiger partial charge in [0.2, 0.25) is 5.82 Å². The zero-order chi connectivity index (χ0) is 20.3. The van der Waals surface area contributed by atoms with Crippen LogP contribution in [-0.2, 0) is 12.4 Å². The Hall–Kier alpha value is -1.98. The second-order valence-corrected chi connectivity index (χ2v) is 6.30. The van der Waals surface area contributed by atoms with E-state index < -0.39 is 40.7 Å². The molecule has 0 unspecified atom stereocenters. The zero-order valence-corrected chi connectivity index (χ0v) is 14.7. The molecule has 2 N–H and O–H groups in total. The first-order valence-corrected chi connectivity index (χ1v) is 7.79. The molecule has 144 valence electrons. The van der Waals surface area contributed by atoms with Crippen molar-refractivity contribution in [1.82, 2.24) is 19.7 Å². The molecule has 0 bridgehead atoms. The van der Waals surface area contributed by atoms with E-state index >= 15 is 0 Å². The summed E-state index contributed by atoms with van der Waals surface area (Å²) in [6.07, 6.45) is -10.5. The van der Waals surface area contributed by atoms with Crippen LogP contribution in [0.4, 0.5) is 32.2 Å². The lowest BCUT2D eigenvalue weighted by molar-refractivity contribution is -0.151. The van der Waals surface area contributed by atoms with Crippen molar-refractivity contribution in [1.29, 1.82) is 0 Å². The van der Waals surface area contributed by atoms with Crippen molar-refractivity contribution in [2.75, 3.05) is 5.73 Å². The molecule has 5 nitrogen and oxygen atoms in total. The second-order valence-electron chi connectivity index (χ2n) is 5.11. The predicted molar refractivity (Wildman–Crippen MR) is 86.1 cm³/mol. The third-order valence-corrected chi connectivity index (χ3v) is 4.50. The molecule has 0 aliphatic heterocycles. The number of anilines is 1. The summed E-state index contributed by atoms with van der Waals surface area (Å²) in [5, 5.41) is 2.55. The van der Waals surface area contributed by atoms with E-state index in [0.29, 0.717) is 4.68 Å². The highest BCUT2D eigenvalue weighted by Gasteiger charge is 2.43. The molecule has 2 heterocycles. The van der Waals surface area contributed by atoms with Gasteiger partial charge in [0.05, 0.1) is 26.1 Å². The molecule has 3 rings (SSSR count). The summed E-state index contributed by atoms with van der Waals surface area (Å²) in [7, 11) is 0. The molecule has 27 heavy (non-hydrogen) atoms. The molecule has 14 heteroatoms. The van der Waals surface area contributed by atoms with E-state index in [1.54, 1.807) is 0 Å². The monoisotopic (exact) mass is 449 g/mol. The molecule has 0 saturated carbocycles. The van der Waals surface area contributed by atoms with Crippen molar-refractivity contribution in [3.8, 4) is 5.69 Å². The number of nitrogens with zero attached hydrogens (tertiary/aromatic N) is 4. The highest BCUT2D eigenvalue weighted by atomic mass is 35.5. The van der Waals surface area contributed by atoms with Crippen LogP contribution in [0.5, 0.6) is 0 Å². The van der Waals surface area contributed by atoms with Crippen molar-refractivity contribution in [3.05, 3.63) is 38.7 Å². The minimum absolute atomic E-state index is 0.0347. The Bertz CT molecular complexity index is 1040. The summed E-state index contributed by atoms with van der Waals surface area (Å²) in [4.78, 5) is 5.64. The highest BCUT2D eigenvalue weighted by molar-refractivity contribution is 6.48. The average Bonchev–Trinajstić information content (AvgIpc) is 2.86. The van der Waals surface area contributed by atoms with Crippen LogP contribution >= 0.6 is 34.8 Å². The van der Waals surface area contributed by atoms with Gasteiger partial charge in [-0.3, -0.25) is 0 Å². The molecule has 0 aliphatic carbocycles. The van der Waals surface area contributed by atoms with Gasteiger partial charge in [-0.15, -0.1) is 5.10 Å². The lowest BCUT2D eigenvalue weighted by atomic mass is 10.2. The fourth-order valence-electron chi connectivity index (χ4n) is 2.20.